The number of rotatable bonds is 6. The van der Waals surface area contributed by atoms with Crippen LogP contribution in [0.4, 0.5) is 10.5 Å². The van der Waals surface area contributed by atoms with E-state index in [2.05, 4.69) is 5.32 Å². The average Bonchev–Trinajstić information content (AvgIpc) is 3.03. The van der Waals surface area contributed by atoms with Crippen molar-refractivity contribution in [1.82, 2.24) is 10.0 Å². The van der Waals surface area contributed by atoms with Gasteiger partial charge in [-0.1, -0.05) is 17.7 Å². The first-order chi connectivity index (χ1) is 14.2. The summed E-state index contributed by atoms with van der Waals surface area (Å²) in [5.41, 5.74) is 6.94. The van der Waals surface area contributed by atoms with Crippen molar-refractivity contribution in [3.05, 3.63) is 45.1 Å². The van der Waals surface area contributed by atoms with Crippen LogP contribution in [0.2, 0.25) is 0 Å². The summed E-state index contributed by atoms with van der Waals surface area (Å²) in [4.78, 5) is 24.7. The molecule has 2 heterocycles. The van der Waals surface area contributed by atoms with Crippen LogP contribution in [0.1, 0.15) is 51.0 Å². The molecule has 0 saturated carbocycles. The summed E-state index contributed by atoms with van der Waals surface area (Å²) in [6.45, 7) is 2.26. The number of anilines is 1. The summed E-state index contributed by atoms with van der Waals surface area (Å²) in [5, 5.41) is 12.0. The maximum Gasteiger partial charge on any atom is 0.339 e. The number of aryl methyl sites for hydroxylation is 1. The van der Waals surface area contributed by atoms with Gasteiger partial charge >= 0.3 is 12.0 Å². The lowest BCUT2D eigenvalue weighted by Crippen LogP contribution is -2.39. The standard InChI is InChI=1S/C19H23N3O6S2/c1-11-5-7-12(8-6-11)30(26,27)22-19(25)21-10-14-16(20)15(18(23)24)17(29-14)13-4-2-3-9-28-13/h5-8,13H,2-4,9-10,20H2,1H3,(H,23,24)(H2,21,22,25). The number of nitrogen functional groups attached to an aromatic ring is 1. The average molecular weight is 454 g/mol. The number of aromatic carboxylic acids is 1. The number of sulfonamides is 1. The molecule has 1 unspecified atom stereocenters. The van der Waals surface area contributed by atoms with Gasteiger partial charge < -0.3 is 20.9 Å². The minimum atomic E-state index is -4.03. The second kappa shape index (κ2) is 9.02. The van der Waals surface area contributed by atoms with Crippen LogP contribution in [0.15, 0.2) is 29.2 Å². The van der Waals surface area contributed by atoms with Gasteiger partial charge in [-0.3, -0.25) is 0 Å². The summed E-state index contributed by atoms with van der Waals surface area (Å²) in [7, 11) is -4.03. The zero-order valence-electron chi connectivity index (χ0n) is 16.3. The molecule has 1 atom stereocenters. The molecule has 11 heteroatoms. The number of urea groups is 1. The second-order valence-corrected chi connectivity index (χ2v) is 9.76. The van der Waals surface area contributed by atoms with Gasteiger partial charge in [-0.05, 0) is 38.3 Å². The van der Waals surface area contributed by atoms with Crippen LogP contribution < -0.4 is 15.8 Å². The summed E-state index contributed by atoms with van der Waals surface area (Å²) in [6, 6.07) is 5.12. The van der Waals surface area contributed by atoms with Crippen molar-refractivity contribution in [3.8, 4) is 0 Å². The van der Waals surface area contributed by atoms with Gasteiger partial charge in [0.1, 0.15) is 0 Å². The molecule has 1 fully saturated rings. The van der Waals surface area contributed by atoms with Crippen LogP contribution in [0.5, 0.6) is 0 Å². The molecule has 2 amide bonds. The number of carboxylic acid groups (broad SMARTS) is 1. The number of amides is 2. The smallest absolute Gasteiger partial charge is 0.339 e. The molecule has 30 heavy (non-hydrogen) atoms. The van der Waals surface area contributed by atoms with E-state index >= 15 is 0 Å². The number of carboxylic acids is 1. The van der Waals surface area contributed by atoms with Gasteiger partial charge in [0.15, 0.2) is 0 Å². The molecule has 3 rings (SSSR count). The second-order valence-electron chi connectivity index (χ2n) is 6.94. The van der Waals surface area contributed by atoms with E-state index in [-0.39, 0.29) is 28.8 Å². The molecule has 1 aromatic heterocycles. The topological polar surface area (TPSA) is 148 Å². The minimum Gasteiger partial charge on any atom is -0.478 e. The Hall–Kier alpha value is -2.63. The Kier molecular flexibility index (Phi) is 6.64. The van der Waals surface area contributed by atoms with Gasteiger partial charge in [0.2, 0.25) is 0 Å². The number of nitrogens with one attached hydrogen (secondary N) is 2. The highest BCUT2D eigenvalue weighted by molar-refractivity contribution is 7.90. The third kappa shape index (κ3) is 4.91. The number of hydrogen-bond acceptors (Lipinski definition) is 7. The molecule has 0 radical (unpaired) electrons. The highest BCUT2D eigenvalue weighted by Crippen LogP contribution is 2.40. The van der Waals surface area contributed by atoms with Crippen molar-refractivity contribution in [2.45, 2.75) is 43.7 Å². The van der Waals surface area contributed by atoms with E-state index < -0.39 is 22.0 Å². The zero-order valence-corrected chi connectivity index (χ0v) is 17.9. The van der Waals surface area contributed by atoms with E-state index in [4.69, 9.17) is 10.5 Å². The third-order valence-corrected chi connectivity index (χ3v) is 7.35. The van der Waals surface area contributed by atoms with Crippen molar-refractivity contribution in [2.75, 3.05) is 12.3 Å². The van der Waals surface area contributed by atoms with Crippen LogP contribution in [0, 0.1) is 6.92 Å². The molecule has 5 N–H and O–H groups in total. The predicted octanol–water partition coefficient (Wildman–Crippen LogP) is 2.77. The van der Waals surface area contributed by atoms with Gasteiger partial charge in [0.05, 0.1) is 33.7 Å². The fourth-order valence-electron chi connectivity index (χ4n) is 3.13. The Morgan fingerprint density at radius 1 is 1.27 bits per heavy atom. The molecule has 1 aliphatic heterocycles. The molecule has 0 aliphatic carbocycles. The van der Waals surface area contributed by atoms with Crippen LogP contribution in [0.25, 0.3) is 0 Å². The molecule has 9 nitrogen and oxygen atoms in total. The van der Waals surface area contributed by atoms with Crippen molar-refractivity contribution >= 4 is 39.0 Å². The first-order valence-electron chi connectivity index (χ1n) is 9.32. The summed E-state index contributed by atoms with van der Waals surface area (Å²) in [5.74, 6) is -1.16. The Labute approximate surface area is 178 Å². The fourth-order valence-corrected chi connectivity index (χ4v) is 5.30. The normalized spacial score (nSPS) is 16.8. The molecule has 0 bridgehead atoms. The lowest BCUT2D eigenvalue weighted by atomic mass is 10.0. The van der Waals surface area contributed by atoms with Crippen LogP contribution in [-0.2, 0) is 21.3 Å². The molecular formula is C19H23N3O6S2. The van der Waals surface area contributed by atoms with Gasteiger partial charge in [-0.25, -0.2) is 22.7 Å². The van der Waals surface area contributed by atoms with Gasteiger partial charge in [0.25, 0.3) is 10.0 Å². The van der Waals surface area contributed by atoms with E-state index in [1.165, 1.54) is 12.1 Å². The first-order valence-corrected chi connectivity index (χ1v) is 11.6. The summed E-state index contributed by atoms with van der Waals surface area (Å²) < 4.78 is 32.2. The highest BCUT2D eigenvalue weighted by Gasteiger charge is 2.29. The molecule has 1 aromatic carbocycles. The fraction of sp³-hybridized carbons (Fsp3) is 0.368. The van der Waals surface area contributed by atoms with Crippen molar-refractivity contribution in [2.24, 2.45) is 0 Å². The number of thiophene rings is 1. The maximum absolute atomic E-state index is 12.3. The maximum atomic E-state index is 12.3. The number of nitrogens with two attached hydrogens (primary N) is 1. The summed E-state index contributed by atoms with van der Waals surface area (Å²) >= 11 is 1.16. The van der Waals surface area contributed by atoms with Gasteiger partial charge in [0, 0.05) is 11.5 Å². The van der Waals surface area contributed by atoms with E-state index in [1.807, 2.05) is 11.6 Å². The monoisotopic (exact) mass is 453 g/mol. The highest BCUT2D eigenvalue weighted by atomic mass is 32.2. The van der Waals surface area contributed by atoms with E-state index in [0.717, 1.165) is 29.7 Å². The van der Waals surface area contributed by atoms with Gasteiger partial charge in [-0.2, -0.15) is 0 Å². The Morgan fingerprint density at radius 2 is 1.97 bits per heavy atom. The Balaban J connectivity index is 1.71. The molecule has 162 valence electrons. The number of carbonyl (C=O) groups excluding carboxylic acids is 1. The summed E-state index contributed by atoms with van der Waals surface area (Å²) in [6.07, 6.45) is 2.20. The number of hydrogen-bond donors (Lipinski definition) is 4. The molecule has 1 aliphatic rings. The van der Waals surface area contributed by atoms with Gasteiger partial charge in [-0.15, -0.1) is 11.3 Å². The lowest BCUT2D eigenvalue weighted by Gasteiger charge is -2.22. The van der Waals surface area contributed by atoms with Crippen LogP contribution in [-0.4, -0.2) is 32.1 Å². The van der Waals surface area contributed by atoms with Crippen LogP contribution in [0.3, 0.4) is 0 Å². The number of benzene rings is 1. The molecule has 1 saturated heterocycles. The minimum absolute atomic E-state index is 0.0172. The third-order valence-electron chi connectivity index (χ3n) is 4.70. The van der Waals surface area contributed by atoms with Crippen molar-refractivity contribution in [1.29, 1.82) is 0 Å². The lowest BCUT2D eigenvalue weighted by molar-refractivity contribution is 0.0162. The zero-order chi connectivity index (χ0) is 21.9. The molecular weight excluding hydrogens is 430 g/mol. The quantitative estimate of drug-likeness (QED) is 0.525. The van der Waals surface area contributed by atoms with Crippen molar-refractivity contribution in [3.63, 3.8) is 0 Å². The Bertz CT molecular complexity index is 1040. The number of ether oxygens (including phenoxy) is 1. The van der Waals surface area contributed by atoms with Crippen LogP contribution >= 0.6 is 11.3 Å². The molecule has 0 spiro atoms. The predicted molar refractivity (Wildman–Crippen MR) is 112 cm³/mol. The van der Waals surface area contributed by atoms with E-state index in [1.54, 1.807) is 12.1 Å². The number of carbonyl (C=O) groups is 2. The first kappa shape index (κ1) is 22.1. The Morgan fingerprint density at radius 3 is 2.57 bits per heavy atom. The SMILES string of the molecule is Cc1ccc(S(=O)(=O)NC(=O)NCc2sc(C3CCCCO3)c(C(=O)O)c2N)cc1. The molecule has 2 aromatic rings. The largest absolute Gasteiger partial charge is 0.478 e. The van der Waals surface area contributed by atoms with Crippen molar-refractivity contribution < 1.29 is 27.9 Å². The van der Waals surface area contributed by atoms with E-state index in [0.29, 0.717) is 22.8 Å². The van der Waals surface area contributed by atoms with E-state index in [9.17, 15) is 23.1 Å².